The van der Waals surface area contributed by atoms with Gasteiger partial charge in [-0.1, -0.05) is 20.3 Å². The standard InChI is InChI=1S/C14H23N3/c1-4-11(2)14-10-17(12(3)8-16-14)13-6-5-7-15-9-13/h5-7,9,11-12,14,16H,4,8,10H2,1-3H3. The quantitative estimate of drug-likeness (QED) is 0.868. The fourth-order valence-electron chi connectivity index (χ4n) is 2.44. The van der Waals surface area contributed by atoms with Crippen molar-refractivity contribution in [1.29, 1.82) is 0 Å². The lowest BCUT2D eigenvalue weighted by molar-refractivity contribution is 0.315. The van der Waals surface area contributed by atoms with Crippen LogP contribution in [0, 0.1) is 5.92 Å². The van der Waals surface area contributed by atoms with Crippen molar-refractivity contribution in [1.82, 2.24) is 10.3 Å². The van der Waals surface area contributed by atoms with Crippen LogP contribution in [0.1, 0.15) is 27.2 Å². The maximum atomic E-state index is 4.22. The van der Waals surface area contributed by atoms with Gasteiger partial charge in [-0.05, 0) is 25.0 Å². The van der Waals surface area contributed by atoms with Crippen molar-refractivity contribution in [3.8, 4) is 0 Å². The smallest absolute Gasteiger partial charge is 0.0556 e. The zero-order valence-electron chi connectivity index (χ0n) is 11.1. The van der Waals surface area contributed by atoms with Crippen LogP contribution in [0.25, 0.3) is 0 Å². The molecular formula is C14H23N3. The van der Waals surface area contributed by atoms with Crippen molar-refractivity contribution in [2.45, 2.75) is 39.3 Å². The minimum absolute atomic E-state index is 0.541. The van der Waals surface area contributed by atoms with Crippen LogP contribution in [0.15, 0.2) is 24.5 Å². The van der Waals surface area contributed by atoms with Gasteiger partial charge in [0.05, 0.1) is 11.9 Å². The number of nitrogens with one attached hydrogen (secondary N) is 1. The van der Waals surface area contributed by atoms with Crippen molar-refractivity contribution >= 4 is 5.69 Å². The van der Waals surface area contributed by atoms with Gasteiger partial charge in [0.15, 0.2) is 0 Å². The van der Waals surface area contributed by atoms with E-state index in [1.165, 1.54) is 12.1 Å². The molecule has 0 radical (unpaired) electrons. The second-order valence-corrected chi connectivity index (χ2v) is 5.11. The van der Waals surface area contributed by atoms with Crippen LogP contribution < -0.4 is 10.2 Å². The summed E-state index contributed by atoms with van der Waals surface area (Å²) in [4.78, 5) is 6.69. The molecule has 0 aromatic carbocycles. The average molecular weight is 233 g/mol. The van der Waals surface area contributed by atoms with Crippen LogP contribution in [-0.4, -0.2) is 30.2 Å². The highest BCUT2D eigenvalue weighted by Gasteiger charge is 2.27. The Bertz CT molecular complexity index is 339. The maximum absolute atomic E-state index is 4.22. The van der Waals surface area contributed by atoms with Gasteiger partial charge in [0.25, 0.3) is 0 Å². The average Bonchev–Trinajstić information content (AvgIpc) is 2.39. The summed E-state index contributed by atoms with van der Waals surface area (Å²) >= 11 is 0. The minimum Gasteiger partial charge on any atom is -0.365 e. The number of nitrogens with zero attached hydrogens (tertiary/aromatic N) is 2. The molecule has 2 rings (SSSR count). The molecule has 1 aliphatic heterocycles. The molecule has 0 spiro atoms. The topological polar surface area (TPSA) is 28.2 Å². The van der Waals surface area contributed by atoms with Crippen LogP contribution >= 0.6 is 0 Å². The Hall–Kier alpha value is -1.09. The molecule has 94 valence electrons. The van der Waals surface area contributed by atoms with E-state index in [9.17, 15) is 0 Å². The third-order valence-electron chi connectivity index (χ3n) is 3.91. The van der Waals surface area contributed by atoms with Crippen LogP contribution in [0.5, 0.6) is 0 Å². The van der Waals surface area contributed by atoms with Gasteiger partial charge in [-0.3, -0.25) is 4.98 Å². The number of anilines is 1. The Balaban J connectivity index is 2.10. The molecule has 3 heteroatoms. The summed E-state index contributed by atoms with van der Waals surface area (Å²) in [6.07, 6.45) is 5.03. The SMILES string of the molecule is CCC(C)C1CN(c2cccnc2)C(C)CN1. The first kappa shape index (κ1) is 12.4. The van der Waals surface area contributed by atoms with Gasteiger partial charge in [-0.15, -0.1) is 0 Å². The molecule has 1 aromatic heterocycles. The first-order chi connectivity index (χ1) is 8.22. The summed E-state index contributed by atoms with van der Waals surface area (Å²) in [7, 11) is 0. The fraction of sp³-hybridized carbons (Fsp3) is 0.643. The monoisotopic (exact) mass is 233 g/mol. The van der Waals surface area contributed by atoms with Gasteiger partial charge >= 0.3 is 0 Å². The van der Waals surface area contributed by atoms with Gasteiger partial charge in [0.1, 0.15) is 0 Å². The van der Waals surface area contributed by atoms with E-state index in [0.29, 0.717) is 12.1 Å². The van der Waals surface area contributed by atoms with Crippen molar-refractivity contribution in [2.24, 2.45) is 5.92 Å². The van der Waals surface area contributed by atoms with Crippen LogP contribution in [-0.2, 0) is 0 Å². The van der Waals surface area contributed by atoms with E-state index in [1.54, 1.807) is 0 Å². The van der Waals surface area contributed by atoms with E-state index in [-0.39, 0.29) is 0 Å². The molecule has 0 amide bonds. The molecule has 2 heterocycles. The number of pyridine rings is 1. The minimum atomic E-state index is 0.541. The normalized spacial score (nSPS) is 26.9. The number of rotatable bonds is 3. The van der Waals surface area contributed by atoms with E-state index in [0.717, 1.165) is 19.0 Å². The second kappa shape index (κ2) is 5.50. The van der Waals surface area contributed by atoms with Gasteiger partial charge in [0.2, 0.25) is 0 Å². The highest BCUT2D eigenvalue weighted by atomic mass is 15.2. The lowest BCUT2D eigenvalue weighted by Crippen LogP contribution is -2.57. The highest BCUT2D eigenvalue weighted by Crippen LogP contribution is 2.21. The predicted octanol–water partition coefficient (Wildman–Crippen LogP) is 2.29. The molecule has 3 unspecified atom stereocenters. The van der Waals surface area contributed by atoms with Crippen LogP contribution in [0.4, 0.5) is 5.69 Å². The third-order valence-corrected chi connectivity index (χ3v) is 3.91. The van der Waals surface area contributed by atoms with Crippen molar-refractivity contribution in [3.05, 3.63) is 24.5 Å². The summed E-state index contributed by atoms with van der Waals surface area (Å²) in [6, 6.07) is 5.31. The molecule has 1 fully saturated rings. The van der Waals surface area contributed by atoms with E-state index < -0.39 is 0 Å². The van der Waals surface area contributed by atoms with Crippen LogP contribution in [0.3, 0.4) is 0 Å². The van der Waals surface area contributed by atoms with Crippen LogP contribution in [0.2, 0.25) is 0 Å². The highest BCUT2D eigenvalue weighted by molar-refractivity contribution is 5.45. The molecule has 3 nitrogen and oxygen atoms in total. The Labute approximate surface area is 104 Å². The van der Waals surface area contributed by atoms with Gasteiger partial charge in [-0.25, -0.2) is 0 Å². The number of hydrogen-bond donors (Lipinski definition) is 1. The Morgan fingerprint density at radius 1 is 1.59 bits per heavy atom. The molecule has 1 N–H and O–H groups in total. The predicted molar refractivity (Wildman–Crippen MR) is 72.3 cm³/mol. The maximum Gasteiger partial charge on any atom is 0.0556 e. The molecule has 3 atom stereocenters. The lowest BCUT2D eigenvalue weighted by Gasteiger charge is -2.42. The molecule has 1 aromatic rings. The molecule has 0 saturated carbocycles. The Kier molecular flexibility index (Phi) is 4.00. The zero-order chi connectivity index (χ0) is 12.3. The Morgan fingerprint density at radius 3 is 3.06 bits per heavy atom. The van der Waals surface area contributed by atoms with E-state index in [2.05, 4.69) is 42.0 Å². The Morgan fingerprint density at radius 2 is 2.41 bits per heavy atom. The summed E-state index contributed by atoms with van der Waals surface area (Å²) in [5.41, 5.74) is 1.25. The summed E-state index contributed by atoms with van der Waals surface area (Å²) in [5, 5.41) is 3.66. The summed E-state index contributed by atoms with van der Waals surface area (Å²) < 4.78 is 0. The molecule has 0 aliphatic carbocycles. The van der Waals surface area contributed by atoms with Gasteiger partial charge in [0, 0.05) is 31.4 Å². The van der Waals surface area contributed by atoms with Gasteiger partial charge in [-0.2, -0.15) is 0 Å². The van der Waals surface area contributed by atoms with E-state index in [4.69, 9.17) is 0 Å². The van der Waals surface area contributed by atoms with Crippen molar-refractivity contribution < 1.29 is 0 Å². The fourth-order valence-corrected chi connectivity index (χ4v) is 2.44. The second-order valence-electron chi connectivity index (χ2n) is 5.11. The first-order valence-corrected chi connectivity index (χ1v) is 6.62. The molecule has 17 heavy (non-hydrogen) atoms. The summed E-state index contributed by atoms with van der Waals surface area (Å²) in [6.45, 7) is 9.01. The van der Waals surface area contributed by atoms with Crippen molar-refractivity contribution in [2.75, 3.05) is 18.0 Å². The number of aromatic nitrogens is 1. The number of piperazine rings is 1. The third kappa shape index (κ3) is 2.78. The number of hydrogen-bond acceptors (Lipinski definition) is 3. The molecular weight excluding hydrogens is 210 g/mol. The van der Waals surface area contributed by atoms with E-state index >= 15 is 0 Å². The van der Waals surface area contributed by atoms with Crippen molar-refractivity contribution in [3.63, 3.8) is 0 Å². The molecule has 0 bridgehead atoms. The molecule has 1 saturated heterocycles. The van der Waals surface area contributed by atoms with E-state index in [1.807, 2.05) is 18.5 Å². The lowest BCUT2D eigenvalue weighted by atomic mass is 9.95. The molecule has 1 aliphatic rings. The zero-order valence-corrected chi connectivity index (χ0v) is 11.1. The van der Waals surface area contributed by atoms with Gasteiger partial charge < -0.3 is 10.2 Å². The largest absolute Gasteiger partial charge is 0.365 e. The summed E-state index contributed by atoms with van der Waals surface area (Å²) in [5.74, 6) is 0.724. The first-order valence-electron chi connectivity index (χ1n) is 6.62.